The van der Waals surface area contributed by atoms with Gasteiger partial charge in [-0.05, 0) is 35.4 Å². The number of nitrogens with zero attached hydrogens (tertiary/aromatic N) is 1. The van der Waals surface area contributed by atoms with Gasteiger partial charge in [0.2, 0.25) is 0 Å². The topological polar surface area (TPSA) is 38.9 Å². The average Bonchev–Trinajstić information content (AvgIpc) is 2.28. The lowest BCUT2D eigenvalue weighted by atomic mass is 10.1. The summed E-state index contributed by atoms with van der Waals surface area (Å²) in [4.78, 5) is 4.13. The van der Waals surface area contributed by atoms with Gasteiger partial charge >= 0.3 is 0 Å². The monoisotopic (exact) mass is 252 g/mol. The Kier molecular flexibility index (Phi) is 3.44. The fourth-order valence-electron chi connectivity index (χ4n) is 1.48. The van der Waals surface area contributed by atoms with Gasteiger partial charge < -0.3 is 5.73 Å². The summed E-state index contributed by atoms with van der Waals surface area (Å²) in [5.74, 6) is 0. The molecule has 0 aliphatic carbocycles. The van der Waals surface area contributed by atoms with E-state index in [1.807, 2.05) is 18.2 Å². The molecule has 2 nitrogen and oxygen atoms in total. The highest BCUT2D eigenvalue weighted by Crippen LogP contribution is 2.27. The average molecular weight is 253 g/mol. The molecule has 82 valence electrons. The number of benzene rings is 1. The van der Waals surface area contributed by atoms with Crippen molar-refractivity contribution in [2.24, 2.45) is 5.73 Å². The number of hydrogen-bond acceptors (Lipinski definition) is 2. The molecule has 0 fully saturated rings. The summed E-state index contributed by atoms with van der Waals surface area (Å²) in [7, 11) is 0. The summed E-state index contributed by atoms with van der Waals surface area (Å²) in [5.41, 5.74) is 8.45. The van der Waals surface area contributed by atoms with Crippen molar-refractivity contribution in [3.05, 3.63) is 52.3 Å². The van der Waals surface area contributed by atoms with Crippen LogP contribution in [0.4, 0.5) is 0 Å². The normalized spacial score (nSPS) is 10.4. The Bertz CT molecular complexity index is 492. The molecule has 1 aromatic heterocycles. The highest BCUT2D eigenvalue weighted by Gasteiger charge is 2.02. The summed E-state index contributed by atoms with van der Waals surface area (Å²) in [6, 6.07) is 7.39. The third kappa shape index (κ3) is 2.53. The SMILES string of the molecule is NCc1cncc(-c2cc(Cl)cc(Cl)c2)c1. The van der Waals surface area contributed by atoms with Crippen molar-refractivity contribution in [3.8, 4) is 11.1 Å². The van der Waals surface area contributed by atoms with Crippen LogP contribution in [0.1, 0.15) is 5.56 Å². The number of hydrogen-bond donors (Lipinski definition) is 1. The van der Waals surface area contributed by atoms with Crippen LogP contribution in [-0.2, 0) is 6.54 Å². The summed E-state index contributed by atoms with van der Waals surface area (Å²) >= 11 is 11.9. The number of pyridine rings is 1. The van der Waals surface area contributed by atoms with Crippen LogP contribution in [0.5, 0.6) is 0 Å². The molecule has 0 aliphatic heterocycles. The van der Waals surface area contributed by atoms with Gasteiger partial charge in [-0.3, -0.25) is 4.98 Å². The van der Waals surface area contributed by atoms with Crippen molar-refractivity contribution >= 4 is 23.2 Å². The first-order valence-corrected chi connectivity index (χ1v) is 5.55. The molecule has 0 radical (unpaired) electrons. The molecule has 0 bridgehead atoms. The predicted octanol–water partition coefficient (Wildman–Crippen LogP) is 3.51. The predicted molar refractivity (Wildman–Crippen MR) is 67.6 cm³/mol. The molecule has 2 rings (SSSR count). The van der Waals surface area contributed by atoms with Gasteiger partial charge in [-0.15, -0.1) is 0 Å². The molecule has 16 heavy (non-hydrogen) atoms. The minimum Gasteiger partial charge on any atom is -0.326 e. The molecular formula is C12H10Cl2N2. The van der Waals surface area contributed by atoms with Crippen molar-refractivity contribution in [1.29, 1.82) is 0 Å². The van der Waals surface area contributed by atoms with Gasteiger partial charge in [0.15, 0.2) is 0 Å². The van der Waals surface area contributed by atoms with Gasteiger partial charge in [0, 0.05) is 34.5 Å². The van der Waals surface area contributed by atoms with Gasteiger partial charge in [-0.2, -0.15) is 0 Å². The fraction of sp³-hybridized carbons (Fsp3) is 0.0833. The molecule has 0 saturated heterocycles. The van der Waals surface area contributed by atoms with Crippen LogP contribution >= 0.6 is 23.2 Å². The van der Waals surface area contributed by atoms with E-state index < -0.39 is 0 Å². The summed E-state index contributed by atoms with van der Waals surface area (Å²) in [5, 5.41) is 1.22. The summed E-state index contributed by atoms with van der Waals surface area (Å²) in [6.45, 7) is 0.467. The van der Waals surface area contributed by atoms with Crippen molar-refractivity contribution in [2.75, 3.05) is 0 Å². The maximum Gasteiger partial charge on any atom is 0.0426 e. The van der Waals surface area contributed by atoms with Crippen LogP contribution in [-0.4, -0.2) is 4.98 Å². The summed E-state index contributed by atoms with van der Waals surface area (Å²) in [6.07, 6.45) is 3.51. The molecule has 1 heterocycles. The molecule has 1 aromatic carbocycles. The van der Waals surface area contributed by atoms with Crippen molar-refractivity contribution in [1.82, 2.24) is 4.98 Å². The zero-order valence-corrected chi connectivity index (χ0v) is 9.96. The Morgan fingerprint density at radius 1 is 0.938 bits per heavy atom. The quantitative estimate of drug-likeness (QED) is 0.889. The van der Waals surface area contributed by atoms with Crippen molar-refractivity contribution < 1.29 is 0 Å². The molecular weight excluding hydrogens is 243 g/mol. The molecule has 0 amide bonds. The number of aromatic nitrogens is 1. The first-order chi connectivity index (χ1) is 7.69. The van der Waals surface area contributed by atoms with Crippen LogP contribution in [0.3, 0.4) is 0 Å². The highest BCUT2D eigenvalue weighted by atomic mass is 35.5. The second kappa shape index (κ2) is 4.83. The van der Waals surface area contributed by atoms with E-state index >= 15 is 0 Å². The van der Waals surface area contributed by atoms with Crippen LogP contribution in [0, 0.1) is 0 Å². The van der Waals surface area contributed by atoms with Crippen LogP contribution in [0.2, 0.25) is 10.0 Å². The Labute approximate surface area is 104 Å². The molecule has 2 aromatic rings. The number of nitrogens with two attached hydrogens (primary N) is 1. The highest BCUT2D eigenvalue weighted by molar-refractivity contribution is 6.35. The van der Waals surface area contributed by atoms with Gasteiger partial charge in [0.1, 0.15) is 0 Å². The van der Waals surface area contributed by atoms with Gasteiger partial charge in [0.05, 0.1) is 0 Å². The Morgan fingerprint density at radius 2 is 1.62 bits per heavy atom. The molecule has 0 spiro atoms. The maximum absolute atomic E-state index is 5.94. The third-order valence-electron chi connectivity index (χ3n) is 2.23. The lowest BCUT2D eigenvalue weighted by Gasteiger charge is -2.04. The largest absolute Gasteiger partial charge is 0.326 e. The Morgan fingerprint density at radius 3 is 2.25 bits per heavy atom. The van der Waals surface area contributed by atoms with E-state index in [1.54, 1.807) is 18.5 Å². The number of halogens is 2. The lowest BCUT2D eigenvalue weighted by Crippen LogP contribution is -1.97. The van der Waals surface area contributed by atoms with Crippen LogP contribution in [0.25, 0.3) is 11.1 Å². The van der Waals surface area contributed by atoms with Gasteiger partial charge in [0.25, 0.3) is 0 Å². The molecule has 2 N–H and O–H groups in total. The first kappa shape index (κ1) is 11.4. The van der Waals surface area contributed by atoms with E-state index in [0.717, 1.165) is 16.7 Å². The molecule has 0 unspecified atom stereocenters. The molecule has 4 heteroatoms. The fourth-order valence-corrected chi connectivity index (χ4v) is 2.00. The van der Waals surface area contributed by atoms with Crippen molar-refractivity contribution in [2.45, 2.75) is 6.54 Å². The van der Waals surface area contributed by atoms with Crippen LogP contribution in [0.15, 0.2) is 36.7 Å². The lowest BCUT2D eigenvalue weighted by molar-refractivity contribution is 1.05. The second-order valence-corrected chi connectivity index (χ2v) is 4.32. The molecule has 0 saturated carbocycles. The van der Waals surface area contributed by atoms with Gasteiger partial charge in [-0.1, -0.05) is 23.2 Å². The van der Waals surface area contributed by atoms with E-state index in [1.165, 1.54) is 0 Å². The minimum atomic E-state index is 0.467. The summed E-state index contributed by atoms with van der Waals surface area (Å²) < 4.78 is 0. The van der Waals surface area contributed by atoms with E-state index in [9.17, 15) is 0 Å². The van der Waals surface area contributed by atoms with Crippen molar-refractivity contribution in [3.63, 3.8) is 0 Å². The Balaban J connectivity index is 2.49. The maximum atomic E-state index is 5.94. The zero-order chi connectivity index (χ0) is 11.5. The van der Waals surface area contributed by atoms with E-state index in [2.05, 4.69) is 4.98 Å². The number of rotatable bonds is 2. The first-order valence-electron chi connectivity index (χ1n) is 4.79. The van der Waals surface area contributed by atoms with E-state index in [4.69, 9.17) is 28.9 Å². The smallest absolute Gasteiger partial charge is 0.0426 e. The third-order valence-corrected chi connectivity index (χ3v) is 2.66. The van der Waals surface area contributed by atoms with Gasteiger partial charge in [-0.25, -0.2) is 0 Å². The molecule has 0 atom stereocenters. The van der Waals surface area contributed by atoms with E-state index in [-0.39, 0.29) is 0 Å². The zero-order valence-electron chi connectivity index (χ0n) is 8.45. The standard InChI is InChI=1S/C12H10Cl2N2/c13-11-2-9(3-12(14)4-11)10-1-8(5-15)6-16-7-10/h1-4,6-7H,5,15H2. The minimum absolute atomic E-state index is 0.467. The van der Waals surface area contributed by atoms with E-state index in [0.29, 0.717) is 16.6 Å². The second-order valence-electron chi connectivity index (χ2n) is 3.44. The Hall–Kier alpha value is -1.09. The molecule has 0 aliphatic rings. The van der Waals surface area contributed by atoms with Crippen LogP contribution < -0.4 is 5.73 Å².